The van der Waals surface area contributed by atoms with Crippen molar-refractivity contribution in [1.82, 2.24) is 0 Å². The number of carbonyl (C=O) groups excluding carboxylic acids is 1. The van der Waals surface area contributed by atoms with Gasteiger partial charge in [-0.25, -0.2) is 0 Å². The highest BCUT2D eigenvalue weighted by molar-refractivity contribution is 6.07. The Kier molecular flexibility index (Phi) is 7.67. The van der Waals surface area contributed by atoms with Gasteiger partial charge in [0.15, 0.2) is 11.5 Å². The van der Waals surface area contributed by atoms with Gasteiger partial charge < -0.3 is 20.1 Å². The van der Waals surface area contributed by atoms with Crippen molar-refractivity contribution in [2.45, 2.75) is 34.6 Å². The Balaban J connectivity index is 2.19. The molecule has 2 aromatic carbocycles. The van der Waals surface area contributed by atoms with Gasteiger partial charge in [0.1, 0.15) is 11.6 Å². The molecular weight excluding hydrogens is 366 g/mol. The lowest BCUT2D eigenvalue weighted by molar-refractivity contribution is -0.112. The summed E-state index contributed by atoms with van der Waals surface area (Å²) in [7, 11) is 0. The highest BCUT2D eigenvalue weighted by Gasteiger charge is 2.13. The number of benzene rings is 2. The highest BCUT2D eigenvalue weighted by atomic mass is 16.5. The molecule has 0 aliphatic rings. The first-order chi connectivity index (χ1) is 13.9. The monoisotopic (exact) mass is 393 g/mol. The summed E-state index contributed by atoms with van der Waals surface area (Å²) in [6.07, 6.45) is 1.39. The quantitative estimate of drug-likeness (QED) is 0.494. The van der Waals surface area contributed by atoms with Crippen molar-refractivity contribution in [2.75, 3.05) is 23.8 Å². The standard InChI is InChI=1S/C23H27N3O3/c1-6-28-20-9-8-19(12-21(20)29-7-2)25-14-18(13-24)23(27)26-22-16(4)10-15(3)11-17(22)5/h8-12,14,25H,6-7H2,1-5H3,(H,26,27)/b18-14-. The van der Waals surface area contributed by atoms with Gasteiger partial charge in [-0.05, 0) is 57.9 Å². The van der Waals surface area contributed by atoms with E-state index in [9.17, 15) is 10.1 Å². The summed E-state index contributed by atoms with van der Waals surface area (Å²) >= 11 is 0. The van der Waals surface area contributed by atoms with E-state index in [1.54, 1.807) is 18.2 Å². The maximum atomic E-state index is 12.6. The number of amides is 1. The second-order valence-electron chi connectivity index (χ2n) is 6.57. The van der Waals surface area contributed by atoms with E-state index in [1.165, 1.54) is 6.20 Å². The minimum atomic E-state index is -0.467. The molecule has 0 unspecified atom stereocenters. The normalized spacial score (nSPS) is 10.8. The van der Waals surface area contributed by atoms with Crippen LogP contribution in [0.2, 0.25) is 0 Å². The van der Waals surface area contributed by atoms with Crippen LogP contribution in [0.5, 0.6) is 11.5 Å². The number of aryl methyl sites for hydroxylation is 3. The number of rotatable bonds is 8. The second-order valence-corrected chi connectivity index (χ2v) is 6.57. The maximum absolute atomic E-state index is 12.6. The third kappa shape index (κ3) is 5.76. The summed E-state index contributed by atoms with van der Waals surface area (Å²) in [5, 5.41) is 15.2. The molecule has 0 radical (unpaired) electrons. The van der Waals surface area contributed by atoms with Crippen LogP contribution in [0.4, 0.5) is 11.4 Å². The molecule has 0 saturated heterocycles. The number of hydrogen-bond acceptors (Lipinski definition) is 5. The van der Waals surface area contributed by atoms with Crippen LogP contribution >= 0.6 is 0 Å². The summed E-state index contributed by atoms with van der Waals surface area (Å²) in [6.45, 7) is 10.7. The summed E-state index contributed by atoms with van der Waals surface area (Å²) in [4.78, 5) is 12.6. The van der Waals surface area contributed by atoms with Gasteiger partial charge in [-0.2, -0.15) is 5.26 Å². The fourth-order valence-electron chi connectivity index (χ4n) is 3.00. The van der Waals surface area contributed by atoms with Crippen LogP contribution in [0.3, 0.4) is 0 Å². The van der Waals surface area contributed by atoms with Crippen molar-refractivity contribution in [3.63, 3.8) is 0 Å². The Morgan fingerprint density at radius 1 is 1.03 bits per heavy atom. The predicted octanol–water partition coefficient (Wildman–Crippen LogP) is 4.87. The molecule has 0 bridgehead atoms. The summed E-state index contributed by atoms with van der Waals surface area (Å²) in [6, 6.07) is 11.3. The predicted molar refractivity (Wildman–Crippen MR) is 115 cm³/mol. The van der Waals surface area contributed by atoms with E-state index in [4.69, 9.17) is 9.47 Å². The fourth-order valence-corrected chi connectivity index (χ4v) is 3.00. The van der Waals surface area contributed by atoms with Gasteiger partial charge in [-0.15, -0.1) is 0 Å². The average Bonchev–Trinajstić information content (AvgIpc) is 2.67. The minimum absolute atomic E-state index is 0.0313. The third-order valence-corrected chi connectivity index (χ3v) is 4.21. The molecular formula is C23H27N3O3. The second kappa shape index (κ2) is 10.2. The zero-order valence-corrected chi connectivity index (χ0v) is 17.6. The molecule has 0 atom stereocenters. The maximum Gasteiger partial charge on any atom is 0.267 e. The highest BCUT2D eigenvalue weighted by Crippen LogP contribution is 2.30. The lowest BCUT2D eigenvalue weighted by Crippen LogP contribution is -2.16. The van der Waals surface area contributed by atoms with Crippen molar-refractivity contribution < 1.29 is 14.3 Å². The molecule has 1 amide bonds. The number of anilines is 2. The fraction of sp³-hybridized carbons (Fsp3) is 0.304. The summed E-state index contributed by atoms with van der Waals surface area (Å²) in [5.41, 5.74) is 4.40. The van der Waals surface area contributed by atoms with Crippen LogP contribution < -0.4 is 20.1 Å². The number of carbonyl (C=O) groups is 1. The van der Waals surface area contributed by atoms with Crippen LogP contribution in [0, 0.1) is 32.1 Å². The van der Waals surface area contributed by atoms with E-state index in [-0.39, 0.29) is 5.57 Å². The Labute approximate surface area is 172 Å². The average molecular weight is 393 g/mol. The smallest absolute Gasteiger partial charge is 0.267 e. The van der Waals surface area contributed by atoms with E-state index in [2.05, 4.69) is 10.6 Å². The lowest BCUT2D eigenvalue weighted by atomic mass is 10.0. The van der Waals surface area contributed by atoms with Gasteiger partial charge in [-0.1, -0.05) is 17.7 Å². The number of hydrogen-bond donors (Lipinski definition) is 2. The molecule has 29 heavy (non-hydrogen) atoms. The van der Waals surface area contributed by atoms with Crippen molar-refractivity contribution in [3.8, 4) is 17.6 Å². The molecule has 2 rings (SSSR count). The minimum Gasteiger partial charge on any atom is -0.490 e. The zero-order chi connectivity index (χ0) is 21.4. The first kappa shape index (κ1) is 21.8. The number of ether oxygens (including phenoxy) is 2. The van der Waals surface area contributed by atoms with Crippen LogP contribution in [0.15, 0.2) is 42.1 Å². The van der Waals surface area contributed by atoms with Crippen LogP contribution in [0.25, 0.3) is 0 Å². The van der Waals surface area contributed by atoms with Crippen LogP contribution in [0.1, 0.15) is 30.5 Å². The Bertz CT molecular complexity index is 935. The Morgan fingerprint density at radius 2 is 1.66 bits per heavy atom. The summed E-state index contributed by atoms with van der Waals surface area (Å²) < 4.78 is 11.1. The van der Waals surface area contributed by atoms with Crippen LogP contribution in [-0.2, 0) is 4.79 Å². The zero-order valence-electron chi connectivity index (χ0n) is 17.6. The molecule has 6 heteroatoms. The van der Waals surface area contributed by atoms with Crippen LogP contribution in [-0.4, -0.2) is 19.1 Å². The topological polar surface area (TPSA) is 83.4 Å². The molecule has 0 saturated carbocycles. The lowest BCUT2D eigenvalue weighted by Gasteiger charge is -2.13. The molecule has 2 N–H and O–H groups in total. The molecule has 6 nitrogen and oxygen atoms in total. The van der Waals surface area contributed by atoms with E-state index in [0.29, 0.717) is 30.4 Å². The van der Waals surface area contributed by atoms with E-state index in [1.807, 2.05) is 52.8 Å². The molecule has 0 heterocycles. The Hall–Kier alpha value is -3.46. The molecule has 0 aliphatic heterocycles. The molecule has 152 valence electrons. The number of nitriles is 1. The molecule has 0 aromatic heterocycles. The van der Waals surface area contributed by atoms with Crippen molar-refractivity contribution >= 4 is 17.3 Å². The van der Waals surface area contributed by atoms with Crippen molar-refractivity contribution in [3.05, 3.63) is 58.8 Å². The third-order valence-electron chi connectivity index (χ3n) is 4.21. The molecule has 0 fully saturated rings. The van der Waals surface area contributed by atoms with Gasteiger partial charge in [0.2, 0.25) is 0 Å². The van der Waals surface area contributed by atoms with Crippen molar-refractivity contribution in [2.24, 2.45) is 0 Å². The van der Waals surface area contributed by atoms with Gasteiger partial charge in [0.25, 0.3) is 5.91 Å². The van der Waals surface area contributed by atoms with Crippen molar-refractivity contribution in [1.29, 1.82) is 5.26 Å². The number of nitrogens with zero attached hydrogens (tertiary/aromatic N) is 1. The summed E-state index contributed by atoms with van der Waals surface area (Å²) in [5.74, 6) is 0.778. The van der Waals surface area contributed by atoms with E-state index < -0.39 is 5.91 Å². The van der Waals surface area contributed by atoms with Gasteiger partial charge in [-0.3, -0.25) is 4.79 Å². The molecule has 0 aliphatic carbocycles. The van der Waals surface area contributed by atoms with E-state index in [0.717, 1.165) is 22.4 Å². The van der Waals surface area contributed by atoms with Gasteiger partial charge in [0, 0.05) is 23.6 Å². The molecule has 0 spiro atoms. The van der Waals surface area contributed by atoms with Gasteiger partial charge >= 0.3 is 0 Å². The SMILES string of the molecule is CCOc1ccc(N/C=C(/C#N)C(=O)Nc2c(C)cc(C)cc2C)cc1OCC. The largest absolute Gasteiger partial charge is 0.490 e. The first-order valence-electron chi connectivity index (χ1n) is 9.55. The Morgan fingerprint density at radius 3 is 2.24 bits per heavy atom. The van der Waals surface area contributed by atoms with E-state index >= 15 is 0 Å². The number of nitrogens with one attached hydrogen (secondary N) is 2. The molecule has 2 aromatic rings. The first-order valence-corrected chi connectivity index (χ1v) is 9.55. The van der Waals surface area contributed by atoms with Gasteiger partial charge in [0.05, 0.1) is 13.2 Å².